The summed E-state index contributed by atoms with van der Waals surface area (Å²) in [5.74, 6) is -0.481. The summed E-state index contributed by atoms with van der Waals surface area (Å²) in [4.78, 5) is 24.8. The second-order valence-electron chi connectivity index (χ2n) is 5.66. The molecule has 21 heavy (non-hydrogen) atoms. The van der Waals surface area contributed by atoms with Crippen molar-refractivity contribution >= 4 is 23.2 Å². The Bertz CT molecular complexity index is 481. The van der Waals surface area contributed by atoms with Crippen LogP contribution >= 0.6 is 11.3 Å². The third-order valence-electron chi connectivity index (χ3n) is 3.99. The standard InChI is InChI=1S/C15H22N2O3S/c1-11(16-14(20)12-6-5-9-21-12)13(19)17-15(10-18)7-3-2-4-8-15/h5-6,9,11,18H,2-4,7-8,10H2,1H3,(H,16,20)(H,17,19). The Morgan fingerprint density at radius 3 is 2.67 bits per heavy atom. The Morgan fingerprint density at radius 2 is 2.10 bits per heavy atom. The molecule has 0 radical (unpaired) electrons. The lowest BCUT2D eigenvalue weighted by Crippen LogP contribution is -2.57. The minimum absolute atomic E-state index is 0.0513. The van der Waals surface area contributed by atoms with Crippen LogP contribution in [0.3, 0.4) is 0 Å². The molecule has 0 aliphatic heterocycles. The van der Waals surface area contributed by atoms with Gasteiger partial charge in [-0.15, -0.1) is 11.3 Å². The number of thiophene rings is 1. The second kappa shape index (κ2) is 7.04. The zero-order valence-corrected chi connectivity index (χ0v) is 13.0. The molecule has 0 bridgehead atoms. The monoisotopic (exact) mass is 310 g/mol. The van der Waals surface area contributed by atoms with Gasteiger partial charge in [0.05, 0.1) is 17.0 Å². The highest BCUT2D eigenvalue weighted by Crippen LogP contribution is 2.27. The predicted molar refractivity (Wildman–Crippen MR) is 82.3 cm³/mol. The third-order valence-corrected chi connectivity index (χ3v) is 4.86. The molecule has 0 saturated heterocycles. The zero-order valence-electron chi connectivity index (χ0n) is 12.2. The lowest BCUT2D eigenvalue weighted by molar-refractivity contribution is -0.125. The van der Waals surface area contributed by atoms with Crippen LogP contribution in [0.2, 0.25) is 0 Å². The number of amides is 2. The molecule has 1 aliphatic rings. The van der Waals surface area contributed by atoms with Gasteiger partial charge < -0.3 is 15.7 Å². The molecular weight excluding hydrogens is 288 g/mol. The lowest BCUT2D eigenvalue weighted by Gasteiger charge is -2.37. The molecule has 6 heteroatoms. The molecule has 116 valence electrons. The van der Waals surface area contributed by atoms with E-state index >= 15 is 0 Å². The van der Waals surface area contributed by atoms with E-state index in [2.05, 4.69) is 10.6 Å². The summed E-state index contributed by atoms with van der Waals surface area (Å²) >= 11 is 1.34. The van der Waals surface area contributed by atoms with E-state index in [9.17, 15) is 14.7 Å². The Morgan fingerprint density at radius 1 is 1.38 bits per heavy atom. The highest BCUT2D eigenvalue weighted by atomic mass is 32.1. The molecule has 0 spiro atoms. The topological polar surface area (TPSA) is 78.4 Å². The summed E-state index contributed by atoms with van der Waals surface area (Å²) in [5.41, 5.74) is -0.517. The number of aliphatic hydroxyl groups excluding tert-OH is 1. The maximum absolute atomic E-state index is 12.2. The van der Waals surface area contributed by atoms with Gasteiger partial charge in [-0.05, 0) is 31.2 Å². The minimum Gasteiger partial charge on any atom is -0.394 e. The molecule has 1 unspecified atom stereocenters. The fourth-order valence-electron chi connectivity index (χ4n) is 2.66. The Balaban J connectivity index is 1.91. The van der Waals surface area contributed by atoms with Crippen LogP contribution in [0.25, 0.3) is 0 Å². The first-order valence-electron chi connectivity index (χ1n) is 7.34. The van der Waals surface area contributed by atoms with Crippen molar-refractivity contribution in [3.8, 4) is 0 Å². The van der Waals surface area contributed by atoms with Crippen LogP contribution in [0.1, 0.15) is 48.7 Å². The molecule has 1 aromatic heterocycles. The van der Waals surface area contributed by atoms with Gasteiger partial charge in [0.25, 0.3) is 5.91 Å². The number of aliphatic hydroxyl groups is 1. The van der Waals surface area contributed by atoms with Crippen molar-refractivity contribution in [1.29, 1.82) is 0 Å². The van der Waals surface area contributed by atoms with Crippen molar-refractivity contribution in [2.45, 2.75) is 50.6 Å². The van der Waals surface area contributed by atoms with Gasteiger partial charge in [-0.25, -0.2) is 0 Å². The molecular formula is C15H22N2O3S. The van der Waals surface area contributed by atoms with E-state index < -0.39 is 11.6 Å². The van der Waals surface area contributed by atoms with Gasteiger partial charge in [-0.1, -0.05) is 25.3 Å². The van der Waals surface area contributed by atoms with Gasteiger partial charge >= 0.3 is 0 Å². The number of nitrogens with one attached hydrogen (secondary N) is 2. The van der Waals surface area contributed by atoms with Crippen LogP contribution in [-0.4, -0.2) is 35.1 Å². The van der Waals surface area contributed by atoms with Crippen LogP contribution in [0, 0.1) is 0 Å². The summed E-state index contributed by atoms with van der Waals surface area (Å²) in [7, 11) is 0. The predicted octanol–water partition coefficient (Wildman–Crippen LogP) is 1.68. The van der Waals surface area contributed by atoms with Gasteiger partial charge in [-0.3, -0.25) is 9.59 Å². The molecule has 1 heterocycles. The highest BCUT2D eigenvalue weighted by Gasteiger charge is 2.34. The SMILES string of the molecule is CC(NC(=O)c1cccs1)C(=O)NC1(CO)CCCCC1. The molecule has 2 rings (SSSR count). The van der Waals surface area contributed by atoms with E-state index in [1.54, 1.807) is 19.1 Å². The summed E-state index contributed by atoms with van der Waals surface area (Å²) < 4.78 is 0. The summed E-state index contributed by atoms with van der Waals surface area (Å²) in [6.07, 6.45) is 4.75. The van der Waals surface area contributed by atoms with Crippen LogP contribution in [-0.2, 0) is 4.79 Å². The van der Waals surface area contributed by atoms with Crippen LogP contribution in [0.4, 0.5) is 0 Å². The average molecular weight is 310 g/mol. The maximum atomic E-state index is 12.2. The first-order valence-corrected chi connectivity index (χ1v) is 8.21. The fraction of sp³-hybridized carbons (Fsp3) is 0.600. The lowest BCUT2D eigenvalue weighted by atomic mass is 9.82. The maximum Gasteiger partial charge on any atom is 0.261 e. The van der Waals surface area contributed by atoms with Crippen LogP contribution in [0.15, 0.2) is 17.5 Å². The molecule has 1 fully saturated rings. The van der Waals surface area contributed by atoms with E-state index in [0.717, 1.165) is 32.1 Å². The van der Waals surface area contributed by atoms with Gasteiger partial charge in [0.2, 0.25) is 5.91 Å². The molecule has 5 nitrogen and oxygen atoms in total. The first kappa shape index (κ1) is 16.0. The van der Waals surface area contributed by atoms with Crippen LogP contribution in [0.5, 0.6) is 0 Å². The molecule has 1 saturated carbocycles. The Hall–Kier alpha value is -1.40. The average Bonchev–Trinajstić information content (AvgIpc) is 3.02. The van der Waals surface area contributed by atoms with Crippen molar-refractivity contribution in [3.05, 3.63) is 22.4 Å². The quantitative estimate of drug-likeness (QED) is 0.774. The van der Waals surface area contributed by atoms with E-state index in [1.165, 1.54) is 11.3 Å². The van der Waals surface area contributed by atoms with E-state index in [1.807, 2.05) is 5.38 Å². The van der Waals surface area contributed by atoms with Crippen molar-refractivity contribution < 1.29 is 14.7 Å². The first-order chi connectivity index (χ1) is 10.1. The van der Waals surface area contributed by atoms with Gasteiger partial charge in [0.15, 0.2) is 0 Å². The molecule has 1 aromatic rings. The molecule has 1 atom stereocenters. The van der Waals surface area contributed by atoms with Crippen molar-refractivity contribution in [2.75, 3.05) is 6.61 Å². The van der Waals surface area contributed by atoms with Gasteiger partial charge in [0, 0.05) is 0 Å². The fourth-order valence-corrected chi connectivity index (χ4v) is 3.29. The Kier molecular flexibility index (Phi) is 5.36. The summed E-state index contributed by atoms with van der Waals surface area (Å²) in [6.45, 7) is 1.61. The van der Waals surface area contributed by atoms with Crippen molar-refractivity contribution in [1.82, 2.24) is 10.6 Å². The molecule has 2 amide bonds. The largest absolute Gasteiger partial charge is 0.394 e. The van der Waals surface area contributed by atoms with E-state index in [0.29, 0.717) is 4.88 Å². The van der Waals surface area contributed by atoms with E-state index in [4.69, 9.17) is 0 Å². The van der Waals surface area contributed by atoms with Gasteiger partial charge in [-0.2, -0.15) is 0 Å². The minimum atomic E-state index is -0.620. The molecule has 1 aliphatic carbocycles. The van der Waals surface area contributed by atoms with Crippen molar-refractivity contribution in [3.63, 3.8) is 0 Å². The highest BCUT2D eigenvalue weighted by molar-refractivity contribution is 7.12. The molecule has 3 N–H and O–H groups in total. The van der Waals surface area contributed by atoms with E-state index in [-0.39, 0.29) is 18.4 Å². The van der Waals surface area contributed by atoms with Crippen molar-refractivity contribution in [2.24, 2.45) is 0 Å². The summed E-state index contributed by atoms with van der Waals surface area (Å²) in [5, 5.41) is 17.0. The Labute approximate surface area is 128 Å². The number of hydrogen-bond acceptors (Lipinski definition) is 4. The summed E-state index contributed by atoms with van der Waals surface area (Å²) in [6, 6.07) is 2.90. The smallest absolute Gasteiger partial charge is 0.261 e. The number of carbonyl (C=O) groups excluding carboxylic acids is 2. The third kappa shape index (κ3) is 4.04. The zero-order chi connectivity index (χ0) is 15.3. The number of hydrogen-bond donors (Lipinski definition) is 3. The number of rotatable bonds is 5. The number of carbonyl (C=O) groups is 2. The molecule has 0 aromatic carbocycles. The van der Waals surface area contributed by atoms with Gasteiger partial charge in [0.1, 0.15) is 6.04 Å². The second-order valence-corrected chi connectivity index (χ2v) is 6.61. The normalized spacial score (nSPS) is 18.8. The van der Waals surface area contributed by atoms with Crippen LogP contribution < -0.4 is 10.6 Å².